The molecule has 2 amide bonds. The van der Waals surface area contributed by atoms with Crippen molar-refractivity contribution in [2.24, 2.45) is 0 Å². The second-order valence-corrected chi connectivity index (χ2v) is 6.21. The van der Waals surface area contributed by atoms with Gasteiger partial charge in [-0.05, 0) is 16.7 Å². The van der Waals surface area contributed by atoms with Crippen LogP contribution in [-0.4, -0.2) is 54.4 Å². The monoisotopic (exact) mass is 354 g/mol. The molecule has 1 atom stereocenters. The number of carbonyl (C=O) groups is 2. The molecule has 3 rings (SSSR count). The minimum absolute atomic E-state index is 0.237. The van der Waals surface area contributed by atoms with Crippen molar-refractivity contribution in [3.63, 3.8) is 0 Å². The molecule has 0 radical (unpaired) electrons. The van der Waals surface area contributed by atoms with Crippen LogP contribution in [-0.2, 0) is 16.0 Å². The number of hydrogen-bond donors (Lipinski definition) is 2. The average molecular weight is 354 g/mol. The molecule has 6 heteroatoms. The number of hydrogen-bond acceptors (Lipinski definition) is 3. The first-order valence-corrected chi connectivity index (χ1v) is 8.64. The Labute approximate surface area is 152 Å². The van der Waals surface area contributed by atoms with Crippen molar-refractivity contribution < 1.29 is 19.4 Å². The van der Waals surface area contributed by atoms with Gasteiger partial charge >= 0.3 is 12.0 Å². The summed E-state index contributed by atoms with van der Waals surface area (Å²) in [5, 5.41) is 12.1. The van der Waals surface area contributed by atoms with Gasteiger partial charge in [-0.3, -0.25) is 0 Å². The standard InChI is InChI=1S/C20H22N2O4/c23-19(24)18(21-20(25)22-10-12-26-13-11-22)14-15-6-8-17(9-7-15)16-4-2-1-3-5-16/h1-9,18H,10-14H2,(H,21,25)(H,23,24)/t18-/m0/s1. The molecule has 1 aliphatic heterocycles. The van der Waals surface area contributed by atoms with E-state index in [0.717, 1.165) is 16.7 Å². The first-order valence-electron chi connectivity index (χ1n) is 8.64. The van der Waals surface area contributed by atoms with E-state index in [0.29, 0.717) is 26.3 Å². The zero-order valence-electron chi connectivity index (χ0n) is 14.4. The Morgan fingerprint density at radius 2 is 1.62 bits per heavy atom. The minimum Gasteiger partial charge on any atom is -0.480 e. The maximum Gasteiger partial charge on any atom is 0.326 e. The predicted octanol–water partition coefficient (Wildman–Crippen LogP) is 2.39. The summed E-state index contributed by atoms with van der Waals surface area (Å²) in [6.45, 7) is 1.91. The topological polar surface area (TPSA) is 78.9 Å². The molecule has 6 nitrogen and oxygen atoms in total. The summed E-state index contributed by atoms with van der Waals surface area (Å²) in [6.07, 6.45) is 0.237. The van der Waals surface area contributed by atoms with Crippen LogP contribution < -0.4 is 5.32 Å². The van der Waals surface area contributed by atoms with Gasteiger partial charge in [0.2, 0.25) is 0 Å². The summed E-state index contributed by atoms with van der Waals surface area (Å²) in [5.41, 5.74) is 3.03. The van der Waals surface area contributed by atoms with Crippen molar-refractivity contribution in [1.29, 1.82) is 0 Å². The van der Waals surface area contributed by atoms with Gasteiger partial charge in [0, 0.05) is 19.5 Å². The quantitative estimate of drug-likeness (QED) is 0.864. The van der Waals surface area contributed by atoms with Crippen LogP contribution in [0.5, 0.6) is 0 Å². The van der Waals surface area contributed by atoms with Crippen molar-refractivity contribution >= 4 is 12.0 Å². The summed E-state index contributed by atoms with van der Waals surface area (Å²) in [5.74, 6) is -1.04. The van der Waals surface area contributed by atoms with E-state index in [4.69, 9.17) is 4.74 Å². The second-order valence-electron chi connectivity index (χ2n) is 6.21. The molecule has 2 N–H and O–H groups in total. The normalized spacial score (nSPS) is 15.3. The van der Waals surface area contributed by atoms with Gasteiger partial charge in [0.05, 0.1) is 13.2 Å². The third-order valence-electron chi connectivity index (χ3n) is 4.39. The van der Waals surface area contributed by atoms with Gasteiger partial charge in [0.1, 0.15) is 6.04 Å². The summed E-state index contributed by atoms with van der Waals surface area (Å²) >= 11 is 0. The molecule has 0 saturated carbocycles. The minimum atomic E-state index is -1.04. The van der Waals surface area contributed by atoms with Crippen LogP contribution in [0.2, 0.25) is 0 Å². The molecule has 1 aliphatic rings. The number of amides is 2. The van der Waals surface area contributed by atoms with Crippen molar-refractivity contribution in [3.8, 4) is 11.1 Å². The number of nitrogens with zero attached hydrogens (tertiary/aromatic N) is 1. The Kier molecular flexibility index (Phi) is 5.86. The fourth-order valence-corrected chi connectivity index (χ4v) is 2.91. The molecule has 1 heterocycles. The number of carboxylic acids is 1. The van der Waals surface area contributed by atoms with Crippen LogP contribution in [0.3, 0.4) is 0 Å². The van der Waals surface area contributed by atoms with Gasteiger partial charge in [0.15, 0.2) is 0 Å². The van der Waals surface area contributed by atoms with Gasteiger partial charge in [-0.1, -0.05) is 54.6 Å². The number of nitrogens with one attached hydrogen (secondary N) is 1. The fraction of sp³-hybridized carbons (Fsp3) is 0.300. The lowest BCUT2D eigenvalue weighted by atomic mass is 10.0. The second kappa shape index (κ2) is 8.49. The number of urea groups is 1. The number of morpholine rings is 1. The van der Waals surface area contributed by atoms with Crippen molar-refractivity contribution in [2.75, 3.05) is 26.3 Å². The van der Waals surface area contributed by atoms with E-state index in [2.05, 4.69) is 5.32 Å². The molecule has 0 spiro atoms. The van der Waals surface area contributed by atoms with E-state index in [-0.39, 0.29) is 12.5 Å². The molecular formula is C20H22N2O4. The first kappa shape index (κ1) is 17.9. The predicted molar refractivity (Wildman–Crippen MR) is 97.9 cm³/mol. The molecule has 26 heavy (non-hydrogen) atoms. The van der Waals surface area contributed by atoms with Gasteiger partial charge < -0.3 is 20.1 Å². The zero-order valence-corrected chi connectivity index (χ0v) is 14.4. The Morgan fingerprint density at radius 3 is 2.23 bits per heavy atom. The maximum absolute atomic E-state index is 12.2. The zero-order chi connectivity index (χ0) is 18.4. The lowest BCUT2D eigenvalue weighted by Crippen LogP contribution is -2.51. The lowest BCUT2D eigenvalue weighted by molar-refractivity contribution is -0.139. The summed E-state index contributed by atoms with van der Waals surface area (Å²) in [4.78, 5) is 25.4. The highest BCUT2D eigenvalue weighted by Gasteiger charge is 2.24. The third kappa shape index (κ3) is 4.61. The smallest absolute Gasteiger partial charge is 0.326 e. The average Bonchev–Trinajstić information content (AvgIpc) is 2.69. The number of rotatable bonds is 5. The summed E-state index contributed by atoms with van der Waals surface area (Å²) < 4.78 is 5.21. The van der Waals surface area contributed by atoms with Gasteiger partial charge in [-0.2, -0.15) is 0 Å². The van der Waals surface area contributed by atoms with E-state index in [1.807, 2.05) is 54.6 Å². The number of ether oxygens (including phenoxy) is 1. The Balaban J connectivity index is 1.64. The highest BCUT2D eigenvalue weighted by molar-refractivity contribution is 5.83. The molecule has 0 aromatic heterocycles. The maximum atomic E-state index is 12.2. The van der Waals surface area contributed by atoms with Crippen LogP contribution in [0.4, 0.5) is 4.79 Å². The van der Waals surface area contributed by atoms with Gasteiger partial charge in [-0.15, -0.1) is 0 Å². The molecule has 0 unspecified atom stereocenters. The van der Waals surface area contributed by atoms with Crippen LogP contribution in [0.25, 0.3) is 11.1 Å². The van der Waals surface area contributed by atoms with Crippen molar-refractivity contribution in [3.05, 3.63) is 60.2 Å². The molecule has 1 saturated heterocycles. The number of aliphatic carboxylic acids is 1. The Morgan fingerprint density at radius 1 is 1.00 bits per heavy atom. The summed E-state index contributed by atoms with van der Waals surface area (Å²) in [6, 6.07) is 16.4. The molecule has 136 valence electrons. The number of carbonyl (C=O) groups excluding carboxylic acids is 1. The third-order valence-corrected chi connectivity index (χ3v) is 4.39. The summed E-state index contributed by atoms with van der Waals surface area (Å²) in [7, 11) is 0. The van der Waals surface area contributed by atoms with Gasteiger partial charge in [0.25, 0.3) is 0 Å². The largest absolute Gasteiger partial charge is 0.480 e. The Hall–Kier alpha value is -2.86. The molecule has 0 bridgehead atoms. The number of carboxylic acid groups (broad SMARTS) is 1. The molecular weight excluding hydrogens is 332 g/mol. The van der Waals surface area contributed by atoms with Crippen molar-refractivity contribution in [1.82, 2.24) is 10.2 Å². The highest BCUT2D eigenvalue weighted by Crippen LogP contribution is 2.19. The van der Waals surface area contributed by atoms with Crippen LogP contribution in [0, 0.1) is 0 Å². The Bertz CT molecular complexity index is 740. The van der Waals surface area contributed by atoms with Gasteiger partial charge in [-0.25, -0.2) is 9.59 Å². The van der Waals surface area contributed by atoms with Crippen LogP contribution in [0.15, 0.2) is 54.6 Å². The van der Waals surface area contributed by atoms with Crippen LogP contribution >= 0.6 is 0 Å². The van der Waals surface area contributed by atoms with E-state index in [9.17, 15) is 14.7 Å². The van der Waals surface area contributed by atoms with Crippen molar-refractivity contribution in [2.45, 2.75) is 12.5 Å². The molecule has 1 fully saturated rings. The first-order chi connectivity index (χ1) is 12.6. The molecule has 0 aliphatic carbocycles. The molecule has 2 aromatic rings. The highest BCUT2D eigenvalue weighted by atomic mass is 16.5. The van der Waals surface area contributed by atoms with E-state index in [1.165, 1.54) is 0 Å². The van der Waals surface area contributed by atoms with Crippen LogP contribution in [0.1, 0.15) is 5.56 Å². The van der Waals surface area contributed by atoms with E-state index >= 15 is 0 Å². The van der Waals surface area contributed by atoms with E-state index < -0.39 is 12.0 Å². The number of benzene rings is 2. The van der Waals surface area contributed by atoms with E-state index in [1.54, 1.807) is 4.90 Å². The lowest BCUT2D eigenvalue weighted by Gasteiger charge is -2.28. The molecule has 2 aromatic carbocycles. The SMILES string of the molecule is O=C(O)[C@H](Cc1ccc(-c2ccccc2)cc1)NC(=O)N1CCOCC1. The fourth-order valence-electron chi connectivity index (χ4n) is 2.91.